The Labute approximate surface area is 120 Å². The van der Waals surface area contributed by atoms with Crippen molar-refractivity contribution in [2.75, 3.05) is 14.2 Å². The zero-order valence-corrected chi connectivity index (χ0v) is 12.7. The number of rotatable bonds is 6. The van der Waals surface area contributed by atoms with Crippen molar-refractivity contribution < 1.29 is 4.74 Å². The van der Waals surface area contributed by atoms with Crippen molar-refractivity contribution in [3.05, 3.63) is 47.3 Å². The first kappa shape index (κ1) is 14.6. The normalized spacial score (nSPS) is 12.4. The van der Waals surface area contributed by atoms with E-state index >= 15 is 0 Å². The number of para-hydroxylation sites is 1. The molecule has 0 radical (unpaired) electrons. The molecule has 20 heavy (non-hydrogen) atoms. The lowest BCUT2D eigenvalue weighted by molar-refractivity contribution is 0.406. The van der Waals surface area contributed by atoms with Crippen LogP contribution in [0, 0.1) is 0 Å². The highest BCUT2D eigenvalue weighted by Gasteiger charge is 2.18. The van der Waals surface area contributed by atoms with E-state index in [0.29, 0.717) is 0 Å². The van der Waals surface area contributed by atoms with Gasteiger partial charge in [-0.05, 0) is 31.5 Å². The molecule has 1 heterocycles. The Bertz CT molecular complexity index is 563. The molecule has 0 bridgehead atoms. The van der Waals surface area contributed by atoms with Crippen molar-refractivity contribution in [3.8, 4) is 5.75 Å². The van der Waals surface area contributed by atoms with Crippen LogP contribution in [0.5, 0.6) is 5.75 Å². The quantitative estimate of drug-likeness (QED) is 0.879. The van der Waals surface area contributed by atoms with Gasteiger partial charge in [0.25, 0.3) is 0 Å². The van der Waals surface area contributed by atoms with E-state index < -0.39 is 0 Å². The Balaban J connectivity index is 2.28. The number of aromatic nitrogens is 2. The molecular weight excluding hydrogens is 250 g/mol. The Kier molecular flexibility index (Phi) is 4.79. The van der Waals surface area contributed by atoms with Gasteiger partial charge in [-0.1, -0.05) is 25.1 Å². The number of hydrogen-bond donors (Lipinski definition) is 1. The van der Waals surface area contributed by atoms with E-state index in [1.54, 1.807) is 7.11 Å². The van der Waals surface area contributed by atoms with Crippen LogP contribution in [0.4, 0.5) is 0 Å². The topological polar surface area (TPSA) is 39.1 Å². The van der Waals surface area contributed by atoms with E-state index in [2.05, 4.69) is 35.7 Å². The molecular formula is C16H23N3O. The van der Waals surface area contributed by atoms with Crippen molar-refractivity contribution in [2.24, 2.45) is 7.05 Å². The lowest BCUT2D eigenvalue weighted by Gasteiger charge is -2.18. The van der Waals surface area contributed by atoms with Crippen LogP contribution in [0.1, 0.15) is 29.8 Å². The second kappa shape index (κ2) is 6.57. The summed E-state index contributed by atoms with van der Waals surface area (Å²) in [7, 11) is 5.68. The SMILES string of the molecule is CCc1nn(C)cc1C(Cc1ccccc1OC)NC. The molecule has 0 aliphatic rings. The fourth-order valence-electron chi connectivity index (χ4n) is 2.58. The summed E-state index contributed by atoms with van der Waals surface area (Å²) in [5.74, 6) is 0.940. The first-order chi connectivity index (χ1) is 9.69. The van der Waals surface area contributed by atoms with Gasteiger partial charge in [0, 0.05) is 24.8 Å². The maximum atomic E-state index is 5.44. The lowest BCUT2D eigenvalue weighted by atomic mass is 9.98. The van der Waals surface area contributed by atoms with Crippen LogP contribution >= 0.6 is 0 Å². The van der Waals surface area contributed by atoms with Gasteiger partial charge in [-0.15, -0.1) is 0 Å². The van der Waals surface area contributed by atoms with Crippen molar-refractivity contribution >= 4 is 0 Å². The summed E-state index contributed by atoms with van der Waals surface area (Å²) < 4.78 is 7.33. The first-order valence-corrected chi connectivity index (χ1v) is 7.01. The summed E-state index contributed by atoms with van der Waals surface area (Å²) in [5, 5.41) is 7.92. The Morgan fingerprint density at radius 3 is 2.75 bits per heavy atom. The first-order valence-electron chi connectivity index (χ1n) is 7.01. The summed E-state index contributed by atoms with van der Waals surface area (Å²) in [6.45, 7) is 2.14. The van der Waals surface area contributed by atoms with Crippen LogP contribution in [-0.2, 0) is 19.9 Å². The second-order valence-corrected chi connectivity index (χ2v) is 4.92. The van der Waals surface area contributed by atoms with Gasteiger partial charge in [-0.3, -0.25) is 4.68 Å². The van der Waals surface area contributed by atoms with E-state index in [9.17, 15) is 0 Å². The minimum atomic E-state index is 0.245. The predicted octanol–water partition coefficient (Wildman–Crippen LogP) is 2.49. The van der Waals surface area contributed by atoms with Crippen LogP contribution < -0.4 is 10.1 Å². The van der Waals surface area contributed by atoms with Crippen LogP contribution in [-0.4, -0.2) is 23.9 Å². The van der Waals surface area contributed by atoms with Gasteiger partial charge >= 0.3 is 0 Å². The molecule has 1 N–H and O–H groups in total. The van der Waals surface area contributed by atoms with Crippen LogP contribution in [0.25, 0.3) is 0 Å². The van der Waals surface area contributed by atoms with E-state index in [1.807, 2.05) is 30.9 Å². The summed E-state index contributed by atoms with van der Waals surface area (Å²) in [4.78, 5) is 0. The molecule has 1 aromatic heterocycles. The maximum absolute atomic E-state index is 5.44. The van der Waals surface area contributed by atoms with Gasteiger partial charge in [0.2, 0.25) is 0 Å². The van der Waals surface area contributed by atoms with Gasteiger partial charge in [-0.25, -0.2) is 0 Å². The number of likely N-dealkylation sites (N-methyl/N-ethyl adjacent to an activating group) is 1. The molecule has 1 unspecified atom stereocenters. The van der Waals surface area contributed by atoms with Gasteiger partial charge in [-0.2, -0.15) is 5.10 Å². The fourth-order valence-corrected chi connectivity index (χ4v) is 2.58. The number of aryl methyl sites for hydroxylation is 2. The van der Waals surface area contributed by atoms with Crippen LogP contribution in [0.3, 0.4) is 0 Å². The molecule has 0 spiro atoms. The second-order valence-electron chi connectivity index (χ2n) is 4.92. The standard InChI is InChI=1S/C16H23N3O/c1-5-14-13(11-19(3)18-14)15(17-2)10-12-8-6-7-9-16(12)20-4/h6-9,11,15,17H,5,10H2,1-4H3. The third-order valence-electron chi connectivity index (χ3n) is 3.61. The third-order valence-corrected chi connectivity index (χ3v) is 3.61. The average molecular weight is 273 g/mol. The predicted molar refractivity (Wildman–Crippen MR) is 81.1 cm³/mol. The maximum Gasteiger partial charge on any atom is 0.122 e. The van der Waals surface area contributed by atoms with Gasteiger partial charge in [0.15, 0.2) is 0 Å². The zero-order valence-electron chi connectivity index (χ0n) is 12.7. The molecule has 1 atom stereocenters. The van der Waals surface area contributed by atoms with Crippen molar-refractivity contribution in [1.29, 1.82) is 0 Å². The van der Waals surface area contributed by atoms with Crippen molar-refractivity contribution in [2.45, 2.75) is 25.8 Å². The Morgan fingerprint density at radius 2 is 2.10 bits per heavy atom. The van der Waals surface area contributed by atoms with E-state index in [-0.39, 0.29) is 6.04 Å². The summed E-state index contributed by atoms with van der Waals surface area (Å²) in [5.41, 5.74) is 3.63. The summed E-state index contributed by atoms with van der Waals surface area (Å²) in [6.07, 6.45) is 3.94. The van der Waals surface area contributed by atoms with Gasteiger partial charge < -0.3 is 10.1 Å². The van der Waals surface area contributed by atoms with Crippen molar-refractivity contribution in [3.63, 3.8) is 0 Å². The summed E-state index contributed by atoms with van der Waals surface area (Å²) >= 11 is 0. The Hall–Kier alpha value is -1.81. The number of nitrogens with zero attached hydrogens (tertiary/aromatic N) is 2. The average Bonchev–Trinajstić information content (AvgIpc) is 2.86. The third kappa shape index (κ3) is 3.02. The highest BCUT2D eigenvalue weighted by atomic mass is 16.5. The lowest BCUT2D eigenvalue weighted by Crippen LogP contribution is -2.20. The molecule has 4 heteroatoms. The minimum absolute atomic E-state index is 0.245. The van der Waals surface area contributed by atoms with E-state index in [1.165, 1.54) is 11.1 Å². The van der Waals surface area contributed by atoms with Crippen LogP contribution in [0.2, 0.25) is 0 Å². The zero-order chi connectivity index (χ0) is 14.5. The number of ether oxygens (including phenoxy) is 1. The van der Waals surface area contributed by atoms with E-state index in [0.717, 1.165) is 24.3 Å². The number of methoxy groups -OCH3 is 1. The molecule has 0 aliphatic carbocycles. The Morgan fingerprint density at radius 1 is 1.35 bits per heavy atom. The highest BCUT2D eigenvalue weighted by molar-refractivity contribution is 5.35. The molecule has 1 aromatic carbocycles. The van der Waals surface area contributed by atoms with Crippen molar-refractivity contribution in [1.82, 2.24) is 15.1 Å². The molecule has 0 amide bonds. The molecule has 4 nitrogen and oxygen atoms in total. The molecule has 0 saturated carbocycles. The number of benzene rings is 1. The highest BCUT2D eigenvalue weighted by Crippen LogP contribution is 2.26. The van der Waals surface area contributed by atoms with E-state index in [4.69, 9.17) is 4.74 Å². The molecule has 0 fully saturated rings. The molecule has 0 saturated heterocycles. The summed E-state index contributed by atoms with van der Waals surface area (Å²) in [6, 6.07) is 8.42. The number of nitrogens with one attached hydrogen (secondary N) is 1. The number of hydrogen-bond acceptors (Lipinski definition) is 3. The fraction of sp³-hybridized carbons (Fsp3) is 0.438. The molecule has 2 aromatic rings. The molecule has 108 valence electrons. The molecule has 2 rings (SSSR count). The largest absolute Gasteiger partial charge is 0.496 e. The van der Waals surface area contributed by atoms with Crippen LogP contribution in [0.15, 0.2) is 30.5 Å². The van der Waals surface area contributed by atoms with Gasteiger partial charge in [0.05, 0.1) is 12.8 Å². The minimum Gasteiger partial charge on any atom is -0.496 e. The monoisotopic (exact) mass is 273 g/mol. The molecule has 0 aliphatic heterocycles. The smallest absolute Gasteiger partial charge is 0.122 e. The van der Waals surface area contributed by atoms with Gasteiger partial charge in [0.1, 0.15) is 5.75 Å².